The van der Waals surface area contributed by atoms with Crippen molar-refractivity contribution in [1.29, 1.82) is 0 Å². The van der Waals surface area contributed by atoms with Crippen LogP contribution in [0.4, 0.5) is 11.4 Å². The van der Waals surface area contributed by atoms with Crippen LogP contribution in [-0.2, 0) is 0 Å². The predicted molar refractivity (Wildman–Crippen MR) is 245 cm³/mol. The minimum atomic E-state index is -0.369. The molecule has 0 bridgehead atoms. The van der Waals surface area contributed by atoms with Crippen LogP contribution in [0.5, 0.6) is 0 Å². The molecule has 8 aromatic carbocycles. The van der Waals surface area contributed by atoms with Crippen molar-refractivity contribution in [1.82, 2.24) is 9.13 Å². The molecule has 10 aromatic rings. The summed E-state index contributed by atoms with van der Waals surface area (Å²) in [6.45, 7) is 3.78. The van der Waals surface area contributed by atoms with Crippen molar-refractivity contribution >= 4 is 78.6 Å². The molecular formula is C54H34N4O4. The summed E-state index contributed by atoms with van der Waals surface area (Å²) in [5, 5.41) is 4.45. The van der Waals surface area contributed by atoms with Crippen molar-refractivity contribution < 1.29 is 19.2 Å². The van der Waals surface area contributed by atoms with Crippen molar-refractivity contribution in [2.45, 2.75) is 13.8 Å². The summed E-state index contributed by atoms with van der Waals surface area (Å²) in [5.74, 6) is -1.46. The number of nitrogens with zero attached hydrogens (tertiary/aromatic N) is 4. The number of carbonyl (C=O) groups is 4. The van der Waals surface area contributed by atoms with Crippen LogP contribution in [0, 0.1) is 13.8 Å². The lowest BCUT2D eigenvalue weighted by molar-refractivity contribution is 0.0910. The second kappa shape index (κ2) is 13.1. The average Bonchev–Trinajstić information content (AvgIpc) is 3.97. The average molecular weight is 803 g/mol. The molecule has 0 N–H and O–H groups in total. The molecule has 12 rings (SSSR count). The molecule has 0 radical (unpaired) electrons. The Labute approximate surface area is 355 Å². The van der Waals surface area contributed by atoms with E-state index in [4.69, 9.17) is 0 Å². The number of para-hydroxylation sites is 4. The lowest BCUT2D eigenvalue weighted by Crippen LogP contribution is -2.30. The zero-order chi connectivity index (χ0) is 42.0. The van der Waals surface area contributed by atoms with Gasteiger partial charge in [0.05, 0.1) is 55.7 Å². The van der Waals surface area contributed by atoms with Gasteiger partial charge in [-0.25, -0.2) is 9.80 Å². The van der Waals surface area contributed by atoms with Crippen molar-refractivity contribution in [2.24, 2.45) is 0 Å². The minimum absolute atomic E-state index is 0.361. The Morgan fingerprint density at radius 1 is 0.323 bits per heavy atom. The molecule has 4 amide bonds. The Balaban J connectivity index is 0.833. The maximum atomic E-state index is 14.1. The fourth-order valence-electron chi connectivity index (χ4n) is 9.75. The van der Waals surface area contributed by atoms with Gasteiger partial charge >= 0.3 is 0 Å². The summed E-state index contributed by atoms with van der Waals surface area (Å²) in [5.41, 5.74) is 11.4. The van der Waals surface area contributed by atoms with Gasteiger partial charge in [0, 0.05) is 32.9 Å². The molecule has 0 aliphatic carbocycles. The Bertz CT molecular complexity index is 3320. The van der Waals surface area contributed by atoms with Crippen LogP contribution in [0.15, 0.2) is 170 Å². The molecule has 2 aromatic heterocycles. The molecule has 4 heterocycles. The van der Waals surface area contributed by atoms with Gasteiger partial charge in [-0.2, -0.15) is 0 Å². The molecule has 2 aliphatic rings. The van der Waals surface area contributed by atoms with Gasteiger partial charge in [0.1, 0.15) is 0 Å². The second-order valence-electron chi connectivity index (χ2n) is 16.1. The number of hydrogen-bond donors (Lipinski definition) is 0. The Hall–Kier alpha value is -8.36. The smallest absolute Gasteiger partial charge is 0.266 e. The molecule has 0 fully saturated rings. The Kier molecular flexibility index (Phi) is 7.50. The first-order valence-electron chi connectivity index (χ1n) is 20.5. The highest BCUT2D eigenvalue weighted by atomic mass is 16.2. The van der Waals surface area contributed by atoms with E-state index < -0.39 is 0 Å². The lowest BCUT2D eigenvalue weighted by atomic mass is 9.99. The number of amides is 4. The van der Waals surface area contributed by atoms with E-state index in [9.17, 15) is 19.2 Å². The van der Waals surface area contributed by atoms with E-state index >= 15 is 0 Å². The van der Waals surface area contributed by atoms with E-state index in [1.54, 1.807) is 12.1 Å². The first-order chi connectivity index (χ1) is 30.3. The van der Waals surface area contributed by atoms with Gasteiger partial charge in [-0.3, -0.25) is 19.2 Å². The maximum absolute atomic E-state index is 14.1. The first-order valence-corrected chi connectivity index (χ1v) is 20.5. The summed E-state index contributed by atoms with van der Waals surface area (Å²) >= 11 is 0. The number of aromatic nitrogens is 2. The molecule has 8 heteroatoms. The van der Waals surface area contributed by atoms with Crippen LogP contribution in [0.3, 0.4) is 0 Å². The highest BCUT2D eigenvalue weighted by molar-refractivity contribution is 6.36. The van der Waals surface area contributed by atoms with Crippen LogP contribution in [0.25, 0.3) is 66.1 Å². The third kappa shape index (κ3) is 4.95. The summed E-state index contributed by atoms with van der Waals surface area (Å²) in [4.78, 5) is 58.6. The van der Waals surface area contributed by atoms with Crippen molar-refractivity contribution in [3.05, 3.63) is 203 Å². The van der Waals surface area contributed by atoms with E-state index in [1.165, 1.54) is 9.80 Å². The number of hydrogen-bond acceptors (Lipinski definition) is 4. The van der Waals surface area contributed by atoms with E-state index in [1.807, 2.05) is 123 Å². The first kappa shape index (κ1) is 35.6. The van der Waals surface area contributed by atoms with Gasteiger partial charge in [0.2, 0.25) is 0 Å². The molecule has 0 atom stereocenters. The monoisotopic (exact) mass is 802 g/mol. The van der Waals surface area contributed by atoms with Crippen LogP contribution >= 0.6 is 0 Å². The quantitative estimate of drug-likeness (QED) is 0.162. The fourth-order valence-corrected chi connectivity index (χ4v) is 9.75. The Morgan fingerprint density at radius 2 is 0.645 bits per heavy atom. The van der Waals surface area contributed by atoms with Crippen molar-refractivity contribution in [3.63, 3.8) is 0 Å². The summed E-state index contributed by atoms with van der Waals surface area (Å²) in [7, 11) is 0. The van der Waals surface area contributed by atoms with Gasteiger partial charge < -0.3 is 9.13 Å². The lowest BCUT2D eigenvalue weighted by Gasteiger charge is -2.19. The van der Waals surface area contributed by atoms with Gasteiger partial charge in [-0.1, -0.05) is 84.9 Å². The van der Waals surface area contributed by atoms with Crippen LogP contribution in [0.1, 0.15) is 52.6 Å². The Morgan fingerprint density at radius 3 is 0.984 bits per heavy atom. The fraction of sp³-hybridized carbons (Fsp3) is 0.0370. The summed E-state index contributed by atoms with van der Waals surface area (Å²) in [6, 6.07) is 55.0. The van der Waals surface area contributed by atoms with E-state index in [2.05, 4.69) is 57.7 Å². The van der Waals surface area contributed by atoms with E-state index in [-0.39, 0.29) is 23.6 Å². The number of fused-ring (bicyclic) bond motifs is 8. The third-order valence-corrected chi connectivity index (χ3v) is 12.6. The number of benzene rings is 8. The topological polar surface area (TPSA) is 84.6 Å². The molecule has 0 unspecified atom stereocenters. The number of aryl methyl sites for hydroxylation is 2. The molecule has 294 valence electrons. The third-order valence-electron chi connectivity index (χ3n) is 12.6. The zero-order valence-corrected chi connectivity index (χ0v) is 33.6. The van der Waals surface area contributed by atoms with E-state index in [0.717, 1.165) is 77.2 Å². The minimum Gasteiger partial charge on any atom is -0.309 e. The number of imide groups is 2. The molecule has 0 saturated carbocycles. The maximum Gasteiger partial charge on any atom is 0.266 e. The standard InChI is InChI=1S/C54H34N4O4/c1-31-27-33(19-25-45(31)57-51(59)41-23-21-35(29-43(41)53(57)61)55-47-15-7-3-11-37(47)38-12-4-8-16-48(38)55)34-20-26-46(32(2)28-34)58-52(60)42-24-22-36(30-44(42)54(58)62)56-49-17-9-5-13-39(49)40-14-6-10-18-50(40)56/h3-30H,1-2H3. The van der Waals surface area contributed by atoms with Gasteiger partial charge in [-0.15, -0.1) is 0 Å². The van der Waals surface area contributed by atoms with E-state index in [0.29, 0.717) is 33.6 Å². The van der Waals surface area contributed by atoms with Crippen molar-refractivity contribution in [2.75, 3.05) is 9.80 Å². The van der Waals surface area contributed by atoms with Gasteiger partial charge in [-0.05, 0) is 121 Å². The van der Waals surface area contributed by atoms with Crippen LogP contribution < -0.4 is 9.80 Å². The molecular weight excluding hydrogens is 769 g/mol. The summed E-state index contributed by atoms with van der Waals surface area (Å²) < 4.78 is 4.27. The normalized spacial score (nSPS) is 13.7. The van der Waals surface area contributed by atoms with Gasteiger partial charge in [0.15, 0.2) is 0 Å². The highest BCUT2D eigenvalue weighted by Crippen LogP contribution is 2.39. The molecule has 62 heavy (non-hydrogen) atoms. The predicted octanol–water partition coefficient (Wildman–Crippen LogP) is 11.8. The van der Waals surface area contributed by atoms with Gasteiger partial charge in [0.25, 0.3) is 23.6 Å². The zero-order valence-electron chi connectivity index (χ0n) is 33.6. The largest absolute Gasteiger partial charge is 0.309 e. The van der Waals surface area contributed by atoms with Crippen LogP contribution in [0.2, 0.25) is 0 Å². The number of carbonyl (C=O) groups excluding carboxylic acids is 4. The summed E-state index contributed by atoms with van der Waals surface area (Å²) in [6.07, 6.45) is 0. The molecule has 0 spiro atoms. The molecule has 0 saturated heterocycles. The SMILES string of the molecule is Cc1cc(-c2ccc(N3C(=O)c4ccc(-n5c6ccccc6c6ccccc65)cc4C3=O)c(C)c2)ccc1N1C(=O)c2ccc(-n3c4ccccc4c4ccccc43)cc2C1=O. The second-order valence-corrected chi connectivity index (χ2v) is 16.1. The highest BCUT2D eigenvalue weighted by Gasteiger charge is 2.39. The van der Waals surface area contributed by atoms with Crippen molar-refractivity contribution in [3.8, 4) is 22.5 Å². The molecule has 8 nitrogen and oxygen atoms in total. The number of anilines is 2. The molecule has 2 aliphatic heterocycles. The number of rotatable bonds is 5. The van der Waals surface area contributed by atoms with Crippen LogP contribution in [-0.4, -0.2) is 32.8 Å².